The third kappa shape index (κ3) is 4.11. The SMILES string of the molecule is COc1ccc(C(N)=S)cc1OCCOc1ccccc1C. The van der Waals surface area contributed by atoms with Gasteiger partial charge < -0.3 is 19.9 Å². The first-order valence-corrected chi connectivity index (χ1v) is 7.31. The highest BCUT2D eigenvalue weighted by molar-refractivity contribution is 7.80. The molecule has 0 saturated heterocycles. The molecule has 2 aromatic carbocycles. The average Bonchev–Trinajstić information content (AvgIpc) is 2.52. The molecule has 0 aliphatic carbocycles. The van der Waals surface area contributed by atoms with Crippen molar-refractivity contribution in [3.63, 3.8) is 0 Å². The molecule has 116 valence electrons. The van der Waals surface area contributed by atoms with Crippen molar-refractivity contribution in [2.45, 2.75) is 6.92 Å². The zero-order valence-electron chi connectivity index (χ0n) is 12.7. The van der Waals surface area contributed by atoms with E-state index < -0.39 is 0 Å². The normalized spacial score (nSPS) is 10.1. The molecule has 0 aliphatic heterocycles. The largest absolute Gasteiger partial charge is 0.493 e. The molecule has 0 radical (unpaired) electrons. The second kappa shape index (κ2) is 7.66. The van der Waals surface area contributed by atoms with Gasteiger partial charge in [-0.25, -0.2) is 0 Å². The van der Waals surface area contributed by atoms with E-state index in [9.17, 15) is 0 Å². The topological polar surface area (TPSA) is 53.7 Å². The second-order valence-electron chi connectivity index (χ2n) is 4.69. The van der Waals surface area contributed by atoms with Crippen LogP contribution in [0.25, 0.3) is 0 Å². The summed E-state index contributed by atoms with van der Waals surface area (Å²) in [6, 6.07) is 13.2. The Morgan fingerprint density at radius 3 is 2.32 bits per heavy atom. The number of rotatable bonds is 7. The number of aryl methyl sites for hydroxylation is 1. The summed E-state index contributed by atoms with van der Waals surface area (Å²) < 4.78 is 16.7. The van der Waals surface area contributed by atoms with Gasteiger partial charge in [0.15, 0.2) is 11.5 Å². The number of methoxy groups -OCH3 is 1. The second-order valence-corrected chi connectivity index (χ2v) is 5.13. The fraction of sp³-hybridized carbons (Fsp3) is 0.235. The molecule has 0 fully saturated rings. The van der Waals surface area contributed by atoms with Crippen LogP contribution < -0.4 is 19.9 Å². The molecule has 0 heterocycles. The van der Waals surface area contributed by atoms with Crippen molar-refractivity contribution in [1.29, 1.82) is 0 Å². The quantitative estimate of drug-likeness (QED) is 0.628. The molecule has 0 saturated carbocycles. The van der Waals surface area contributed by atoms with Crippen LogP contribution in [-0.2, 0) is 0 Å². The Morgan fingerprint density at radius 2 is 1.68 bits per heavy atom. The van der Waals surface area contributed by atoms with Gasteiger partial charge in [0.05, 0.1) is 7.11 Å². The molecule has 4 nitrogen and oxygen atoms in total. The number of benzene rings is 2. The van der Waals surface area contributed by atoms with Gasteiger partial charge in [0.1, 0.15) is 24.0 Å². The van der Waals surface area contributed by atoms with Crippen molar-refractivity contribution in [3.8, 4) is 17.2 Å². The third-order valence-corrected chi connectivity index (χ3v) is 3.38. The van der Waals surface area contributed by atoms with E-state index in [4.69, 9.17) is 32.2 Å². The summed E-state index contributed by atoms with van der Waals surface area (Å²) in [7, 11) is 1.59. The van der Waals surface area contributed by atoms with Gasteiger partial charge >= 0.3 is 0 Å². The molecule has 2 rings (SSSR count). The number of para-hydroxylation sites is 1. The summed E-state index contributed by atoms with van der Waals surface area (Å²) in [5, 5.41) is 0. The highest BCUT2D eigenvalue weighted by Gasteiger charge is 2.07. The summed E-state index contributed by atoms with van der Waals surface area (Å²) in [6.07, 6.45) is 0. The van der Waals surface area contributed by atoms with Crippen LogP contribution in [0, 0.1) is 6.92 Å². The average molecular weight is 317 g/mol. The van der Waals surface area contributed by atoms with E-state index in [1.165, 1.54) is 0 Å². The van der Waals surface area contributed by atoms with Gasteiger partial charge in [-0.15, -0.1) is 0 Å². The maximum atomic E-state index is 5.72. The van der Waals surface area contributed by atoms with E-state index in [2.05, 4.69) is 0 Å². The van der Waals surface area contributed by atoms with E-state index in [1.54, 1.807) is 25.3 Å². The van der Waals surface area contributed by atoms with Crippen LogP contribution in [0.2, 0.25) is 0 Å². The maximum Gasteiger partial charge on any atom is 0.162 e. The fourth-order valence-electron chi connectivity index (χ4n) is 1.96. The lowest BCUT2D eigenvalue weighted by Gasteiger charge is -2.13. The highest BCUT2D eigenvalue weighted by Crippen LogP contribution is 2.28. The van der Waals surface area contributed by atoms with Gasteiger partial charge in [0.2, 0.25) is 0 Å². The van der Waals surface area contributed by atoms with Crippen molar-refractivity contribution < 1.29 is 14.2 Å². The first-order chi connectivity index (χ1) is 10.6. The van der Waals surface area contributed by atoms with Crippen LogP contribution in [0.1, 0.15) is 11.1 Å². The highest BCUT2D eigenvalue weighted by atomic mass is 32.1. The Balaban J connectivity index is 1.95. The first kappa shape index (κ1) is 16.1. The van der Waals surface area contributed by atoms with Crippen LogP contribution in [0.15, 0.2) is 42.5 Å². The van der Waals surface area contributed by atoms with Gasteiger partial charge in [-0.1, -0.05) is 30.4 Å². The standard InChI is InChI=1S/C17H19NO3S/c1-12-5-3-4-6-14(12)20-9-10-21-16-11-13(17(18)22)7-8-15(16)19-2/h3-8,11H,9-10H2,1-2H3,(H2,18,22). The summed E-state index contributed by atoms with van der Waals surface area (Å²) in [6.45, 7) is 2.83. The molecule has 0 spiro atoms. The molecule has 0 unspecified atom stereocenters. The van der Waals surface area contributed by atoms with Gasteiger partial charge in [0, 0.05) is 5.56 Å². The van der Waals surface area contributed by atoms with Crippen LogP contribution >= 0.6 is 12.2 Å². The lowest BCUT2D eigenvalue weighted by atomic mass is 10.2. The van der Waals surface area contributed by atoms with Crippen LogP contribution in [-0.4, -0.2) is 25.3 Å². The minimum absolute atomic E-state index is 0.323. The van der Waals surface area contributed by atoms with Crippen molar-refractivity contribution in [3.05, 3.63) is 53.6 Å². The molecule has 0 aromatic heterocycles. The number of thiocarbonyl (C=S) groups is 1. The molecule has 0 amide bonds. The van der Waals surface area contributed by atoms with Crippen molar-refractivity contribution in [2.24, 2.45) is 5.73 Å². The predicted octanol–water partition coefficient (Wildman–Crippen LogP) is 3.10. The van der Waals surface area contributed by atoms with Crippen LogP contribution in [0.5, 0.6) is 17.2 Å². The summed E-state index contributed by atoms with van der Waals surface area (Å²) in [5.74, 6) is 2.09. The third-order valence-electron chi connectivity index (χ3n) is 3.14. The van der Waals surface area contributed by atoms with E-state index in [0.29, 0.717) is 29.7 Å². The van der Waals surface area contributed by atoms with E-state index in [1.807, 2.05) is 31.2 Å². The monoisotopic (exact) mass is 317 g/mol. The van der Waals surface area contributed by atoms with E-state index in [0.717, 1.165) is 16.9 Å². The van der Waals surface area contributed by atoms with Gasteiger partial charge in [-0.2, -0.15) is 0 Å². The molecule has 2 aromatic rings. The maximum absolute atomic E-state index is 5.72. The van der Waals surface area contributed by atoms with Crippen LogP contribution in [0.4, 0.5) is 0 Å². The molecule has 0 bridgehead atoms. The van der Waals surface area contributed by atoms with Crippen molar-refractivity contribution >= 4 is 17.2 Å². The minimum Gasteiger partial charge on any atom is -0.493 e. The molecular weight excluding hydrogens is 298 g/mol. The Morgan fingerprint density at radius 1 is 1.00 bits per heavy atom. The van der Waals surface area contributed by atoms with Crippen LogP contribution in [0.3, 0.4) is 0 Å². The minimum atomic E-state index is 0.323. The Bertz CT molecular complexity index is 658. The number of nitrogens with two attached hydrogens (primary N) is 1. The lowest BCUT2D eigenvalue weighted by Crippen LogP contribution is -2.12. The number of ether oxygens (including phenoxy) is 3. The predicted molar refractivity (Wildman–Crippen MR) is 91.1 cm³/mol. The van der Waals surface area contributed by atoms with Gasteiger partial charge in [0.25, 0.3) is 0 Å². The Kier molecular flexibility index (Phi) is 5.61. The van der Waals surface area contributed by atoms with Crippen molar-refractivity contribution in [2.75, 3.05) is 20.3 Å². The van der Waals surface area contributed by atoms with Gasteiger partial charge in [-0.05, 0) is 36.8 Å². The van der Waals surface area contributed by atoms with Gasteiger partial charge in [-0.3, -0.25) is 0 Å². The Labute approximate surface area is 135 Å². The molecule has 0 atom stereocenters. The molecule has 0 aliphatic rings. The summed E-state index contributed by atoms with van der Waals surface area (Å²) >= 11 is 4.97. The summed E-state index contributed by atoms with van der Waals surface area (Å²) in [5.41, 5.74) is 7.47. The molecule has 5 heteroatoms. The zero-order valence-corrected chi connectivity index (χ0v) is 13.5. The Hall–Kier alpha value is -2.27. The fourth-order valence-corrected chi connectivity index (χ4v) is 2.09. The molecule has 2 N–H and O–H groups in total. The van der Waals surface area contributed by atoms with Crippen molar-refractivity contribution in [1.82, 2.24) is 0 Å². The lowest BCUT2D eigenvalue weighted by molar-refractivity contribution is 0.210. The first-order valence-electron chi connectivity index (χ1n) is 6.91. The smallest absolute Gasteiger partial charge is 0.162 e. The number of hydrogen-bond donors (Lipinski definition) is 1. The summed E-state index contributed by atoms with van der Waals surface area (Å²) in [4.78, 5) is 0.323. The van der Waals surface area contributed by atoms with E-state index >= 15 is 0 Å². The molecular formula is C17H19NO3S. The molecule has 22 heavy (non-hydrogen) atoms. The van der Waals surface area contributed by atoms with E-state index in [-0.39, 0.29) is 0 Å². The number of hydrogen-bond acceptors (Lipinski definition) is 4. The zero-order chi connectivity index (χ0) is 15.9.